The summed E-state index contributed by atoms with van der Waals surface area (Å²) in [7, 11) is 4.40. The maximum atomic E-state index is 14.6. The van der Waals surface area contributed by atoms with E-state index in [1.165, 1.54) is 16.9 Å². The van der Waals surface area contributed by atoms with Crippen LogP contribution >= 0.6 is 0 Å². The number of primary amides is 1. The number of fused-ring (bicyclic) bond motifs is 3. The zero-order valence-electron chi connectivity index (χ0n) is 23.0. The molecule has 2 saturated carbocycles. The molecule has 9 nitrogen and oxygen atoms in total. The van der Waals surface area contributed by atoms with Gasteiger partial charge < -0.3 is 15.6 Å². The smallest absolute Gasteiger partial charge is 0.417 e. The van der Waals surface area contributed by atoms with Gasteiger partial charge in [0.05, 0.1) is 23.1 Å². The zero-order valence-corrected chi connectivity index (χ0v) is 23.0. The molecule has 7 unspecified atom stereocenters. The minimum absolute atomic E-state index is 0.00651. The number of nitrogens with two attached hydrogens (primary N) is 1. The van der Waals surface area contributed by atoms with Crippen LogP contribution in [0, 0.1) is 23.7 Å². The Hall–Kier alpha value is -2.90. The minimum atomic E-state index is -4.90. The number of methoxy groups -OCH3 is 1. The summed E-state index contributed by atoms with van der Waals surface area (Å²) >= 11 is 0. The van der Waals surface area contributed by atoms with Gasteiger partial charge in [0.25, 0.3) is 0 Å². The van der Waals surface area contributed by atoms with Gasteiger partial charge in [-0.1, -0.05) is 0 Å². The van der Waals surface area contributed by atoms with Crippen molar-refractivity contribution in [1.82, 2.24) is 9.80 Å². The van der Waals surface area contributed by atoms with Crippen molar-refractivity contribution < 1.29 is 46.6 Å². The lowest BCUT2D eigenvalue weighted by Gasteiger charge is -2.55. The van der Waals surface area contributed by atoms with E-state index in [0.717, 1.165) is 6.07 Å². The summed E-state index contributed by atoms with van der Waals surface area (Å²) < 4.78 is 63.3. The fourth-order valence-corrected chi connectivity index (χ4v) is 7.81. The molecule has 41 heavy (non-hydrogen) atoms. The molecule has 0 bridgehead atoms. The lowest BCUT2D eigenvalue weighted by atomic mass is 9.52. The molecular formula is C28H33F4N3O6. The van der Waals surface area contributed by atoms with Crippen molar-refractivity contribution in [3.8, 4) is 5.75 Å². The second-order valence-corrected chi connectivity index (χ2v) is 12.0. The highest BCUT2D eigenvalue weighted by atomic mass is 19.4. The first-order chi connectivity index (χ1) is 19.1. The van der Waals surface area contributed by atoms with Gasteiger partial charge in [-0.3, -0.25) is 29.0 Å². The van der Waals surface area contributed by atoms with Crippen LogP contribution in [0.1, 0.15) is 46.3 Å². The van der Waals surface area contributed by atoms with Crippen molar-refractivity contribution in [2.75, 3.05) is 34.3 Å². The third kappa shape index (κ3) is 4.56. The van der Waals surface area contributed by atoms with Crippen LogP contribution in [0.25, 0.3) is 0 Å². The predicted octanol–water partition coefficient (Wildman–Crippen LogP) is 1.90. The van der Waals surface area contributed by atoms with E-state index < -0.39 is 93.4 Å². The first-order valence-electron chi connectivity index (χ1n) is 13.6. The van der Waals surface area contributed by atoms with E-state index in [0.29, 0.717) is 0 Å². The number of rotatable bonds is 5. The molecule has 224 valence electrons. The summed E-state index contributed by atoms with van der Waals surface area (Å²) in [6.07, 6.45) is -6.60. The van der Waals surface area contributed by atoms with E-state index in [1.54, 1.807) is 14.1 Å². The second-order valence-electron chi connectivity index (χ2n) is 12.0. The van der Waals surface area contributed by atoms with Gasteiger partial charge in [0.2, 0.25) is 5.91 Å². The Morgan fingerprint density at radius 2 is 1.95 bits per heavy atom. The molecule has 7 atom stereocenters. The van der Waals surface area contributed by atoms with Crippen molar-refractivity contribution in [3.05, 3.63) is 28.3 Å². The van der Waals surface area contributed by atoms with Crippen molar-refractivity contribution in [3.63, 3.8) is 0 Å². The molecular weight excluding hydrogens is 550 g/mol. The summed E-state index contributed by atoms with van der Waals surface area (Å²) in [4.78, 5) is 56.6. The van der Waals surface area contributed by atoms with Crippen molar-refractivity contribution in [2.45, 2.75) is 56.2 Å². The van der Waals surface area contributed by atoms with Crippen molar-refractivity contribution in [1.29, 1.82) is 0 Å². The van der Waals surface area contributed by atoms with Crippen LogP contribution in [0.3, 0.4) is 0 Å². The van der Waals surface area contributed by atoms with Gasteiger partial charge >= 0.3 is 6.18 Å². The number of phenolic OH excluding ortho intramolecular Hbond substituents is 1. The SMILES string of the molecule is COC12CC(C(N)=O)C(=O)C(N(C)C)C1CC1Cc3c(c(O)cc(CN4CCC(F)C4)c3C(F)(F)F)C(=O)C1C2=O. The molecule has 3 fully saturated rings. The lowest BCUT2D eigenvalue weighted by Crippen LogP contribution is -2.70. The summed E-state index contributed by atoms with van der Waals surface area (Å²) in [6.45, 7) is -0.0553. The Morgan fingerprint density at radius 1 is 1.27 bits per heavy atom. The summed E-state index contributed by atoms with van der Waals surface area (Å²) in [5.74, 6) is -8.37. The Labute approximate surface area is 234 Å². The Bertz CT molecular complexity index is 1320. The number of amides is 1. The number of ketones is 3. The predicted molar refractivity (Wildman–Crippen MR) is 136 cm³/mol. The Balaban J connectivity index is 1.63. The van der Waals surface area contributed by atoms with Crippen LogP contribution in [-0.2, 0) is 38.3 Å². The van der Waals surface area contributed by atoms with Crippen molar-refractivity contribution >= 4 is 23.3 Å². The minimum Gasteiger partial charge on any atom is -0.507 e. The third-order valence-electron chi connectivity index (χ3n) is 9.49. The van der Waals surface area contributed by atoms with Gasteiger partial charge in [-0.05, 0) is 56.5 Å². The quantitative estimate of drug-likeness (QED) is 0.397. The number of ether oxygens (including phenoxy) is 1. The molecule has 4 aliphatic rings. The highest BCUT2D eigenvalue weighted by Crippen LogP contribution is 2.54. The van der Waals surface area contributed by atoms with Gasteiger partial charge in [-0.25, -0.2) is 4.39 Å². The molecule has 3 aliphatic carbocycles. The summed E-state index contributed by atoms with van der Waals surface area (Å²) in [6, 6.07) is -0.119. The molecule has 0 spiro atoms. The topological polar surface area (TPSA) is 130 Å². The van der Waals surface area contributed by atoms with Gasteiger partial charge in [-0.2, -0.15) is 13.2 Å². The molecule has 1 amide bonds. The number of nitrogens with zero attached hydrogens (tertiary/aromatic N) is 2. The van der Waals surface area contributed by atoms with E-state index in [1.807, 2.05) is 0 Å². The molecule has 1 aliphatic heterocycles. The monoisotopic (exact) mass is 583 g/mol. The van der Waals surface area contributed by atoms with Gasteiger partial charge in [0.15, 0.2) is 17.3 Å². The number of alkyl halides is 4. The number of carbonyl (C=O) groups is 4. The van der Waals surface area contributed by atoms with E-state index >= 15 is 0 Å². The normalized spacial score (nSPS) is 34.0. The number of benzene rings is 1. The van der Waals surface area contributed by atoms with Gasteiger partial charge in [0.1, 0.15) is 23.4 Å². The van der Waals surface area contributed by atoms with Crippen LogP contribution in [0.15, 0.2) is 6.07 Å². The molecule has 1 aromatic carbocycles. The number of hydrogen-bond donors (Lipinski definition) is 2. The Morgan fingerprint density at radius 3 is 2.49 bits per heavy atom. The average molecular weight is 584 g/mol. The fourth-order valence-electron chi connectivity index (χ4n) is 7.81. The van der Waals surface area contributed by atoms with E-state index in [-0.39, 0.29) is 50.9 Å². The first kappa shape index (κ1) is 29.6. The van der Waals surface area contributed by atoms with Gasteiger partial charge in [0, 0.05) is 39.1 Å². The van der Waals surface area contributed by atoms with Crippen LogP contribution in [0.5, 0.6) is 5.75 Å². The molecule has 3 N–H and O–H groups in total. The fraction of sp³-hybridized carbons (Fsp3) is 0.643. The van der Waals surface area contributed by atoms with E-state index in [2.05, 4.69) is 0 Å². The molecule has 0 aromatic heterocycles. The van der Waals surface area contributed by atoms with E-state index in [9.17, 15) is 41.8 Å². The molecule has 1 heterocycles. The molecule has 13 heteroatoms. The standard InChI is InChI=1S/C28H33F4N3O6/c1-34(2)22-17-7-12-6-15-20(18(36)8-13(21(15)28(30,31)32)10-35-5-4-14(29)11-35)24(38)19(12)25(39)27(17,41-3)9-16(23(22)37)26(33)40/h8,12,14,16-17,19,22,36H,4-7,9-11H2,1-3H3,(H2,33,40). The largest absolute Gasteiger partial charge is 0.507 e. The number of phenols is 1. The number of carbonyl (C=O) groups excluding carboxylic acids is 4. The van der Waals surface area contributed by atoms with Crippen molar-refractivity contribution in [2.24, 2.45) is 29.4 Å². The highest BCUT2D eigenvalue weighted by Gasteiger charge is 2.66. The molecule has 0 radical (unpaired) electrons. The van der Waals surface area contributed by atoms with Crippen LogP contribution in [0.2, 0.25) is 0 Å². The summed E-state index contributed by atoms with van der Waals surface area (Å²) in [5, 5.41) is 10.9. The number of halogens is 4. The number of Topliss-reactive ketones (excluding diaryl/α,β-unsaturated/α-hetero) is 3. The average Bonchev–Trinajstić information content (AvgIpc) is 3.26. The van der Waals surface area contributed by atoms with E-state index in [4.69, 9.17) is 10.5 Å². The number of aromatic hydroxyl groups is 1. The summed E-state index contributed by atoms with van der Waals surface area (Å²) in [5.41, 5.74) is 1.46. The Kier molecular flexibility index (Phi) is 7.31. The second kappa shape index (κ2) is 10.1. The lowest BCUT2D eigenvalue weighted by molar-refractivity contribution is -0.182. The zero-order chi connectivity index (χ0) is 30.2. The third-order valence-corrected chi connectivity index (χ3v) is 9.49. The van der Waals surface area contributed by atoms with Crippen LogP contribution < -0.4 is 5.73 Å². The molecule has 1 saturated heterocycles. The van der Waals surface area contributed by atoms with Crippen LogP contribution in [0.4, 0.5) is 17.6 Å². The number of hydrogen-bond acceptors (Lipinski definition) is 8. The molecule has 1 aromatic rings. The number of likely N-dealkylation sites (tertiary alicyclic amines) is 1. The maximum absolute atomic E-state index is 14.6. The van der Waals surface area contributed by atoms with Crippen LogP contribution in [-0.4, -0.2) is 90.3 Å². The molecule has 5 rings (SSSR count). The first-order valence-corrected chi connectivity index (χ1v) is 13.6. The van der Waals surface area contributed by atoms with Gasteiger partial charge in [-0.15, -0.1) is 0 Å². The number of likely N-dealkylation sites (N-methyl/N-ethyl adjacent to an activating group) is 1. The highest BCUT2D eigenvalue weighted by molar-refractivity contribution is 6.17. The maximum Gasteiger partial charge on any atom is 0.417 e.